The largest absolute Gasteiger partial charge is 0.367 e. The van der Waals surface area contributed by atoms with Crippen LogP contribution in [0.4, 0.5) is 33.2 Å². The van der Waals surface area contributed by atoms with Gasteiger partial charge in [0, 0.05) is 43.8 Å². The average molecular weight is 612 g/mol. The molecule has 4 rings (SSSR count). The van der Waals surface area contributed by atoms with Gasteiger partial charge in [0.25, 0.3) is 0 Å². The number of piperazine rings is 1. The van der Waals surface area contributed by atoms with E-state index in [0.29, 0.717) is 29.6 Å². The molecular formula is C23H26FN7O8S2. The Bertz CT molecular complexity index is 1380. The van der Waals surface area contributed by atoms with Gasteiger partial charge in [-0.1, -0.05) is 21.5 Å². The predicted molar refractivity (Wildman–Crippen MR) is 146 cm³/mol. The highest BCUT2D eigenvalue weighted by molar-refractivity contribution is 7.88. The molecule has 15 nitrogen and oxygen atoms in total. The summed E-state index contributed by atoms with van der Waals surface area (Å²) in [5.41, 5.74) is 2.96. The Hall–Kier alpha value is -3.64. The van der Waals surface area contributed by atoms with Gasteiger partial charge in [0.05, 0.1) is 18.2 Å². The summed E-state index contributed by atoms with van der Waals surface area (Å²) in [5.74, 6) is 0.698. The van der Waals surface area contributed by atoms with Crippen molar-refractivity contribution in [3.05, 3.63) is 66.1 Å². The second kappa shape index (κ2) is 16.6. The van der Waals surface area contributed by atoms with Crippen LogP contribution in [0.1, 0.15) is 5.56 Å². The highest BCUT2D eigenvalue weighted by Crippen LogP contribution is 2.25. The van der Waals surface area contributed by atoms with Gasteiger partial charge < -0.3 is 20.4 Å². The van der Waals surface area contributed by atoms with Crippen molar-refractivity contribution in [3.8, 4) is 6.07 Å². The van der Waals surface area contributed by atoms with Gasteiger partial charge in [0.1, 0.15) is 11.6 Å². The van der Waals surface area contributed by atoms with Crippen LogP contribution >= 0.6 is 0 Å². The predicted octanol–water partition coefficient (Wildman–Crippen LogP) is 2.99. The number of hydrogen-bond donors (Lipinski definition) is 4. The Morgan fingerprint density at radius 2 is 1.80 bits per heavy atom. The number of aromatic nitrogens is 2. The molecule has 41 heavy (non-hydrogen) atoms. The molecule has 0 radical (unpaired) electrons. The molecule has 0 aliphatic carbocycles. The number of benzene rings is 2. The Labute approximate surface area is 239 Å². The SMILES string of the molecule is CN1CCN(c2ccc(Nc3nccc(Nc4cccc(CC#N)c4)n3)cc2F)CC1.O=S(OO)OS(=O)OOO. The fourth-order valence-electron chi connectivity index (χ4n) is 3.60. The maximum Gasteiger partial charge on any atom is 0.351 e. The molecule has 1 aliphatic rings. The minimum atomic E-state index is -2.62. The van der Waals surface area contributed by atoms with Crippen LogP contribution in [0, 0.1) is 17.1 Å². The van der Waals surface area contributed by atoms with Gasteiger partial charge in [-0.25, -0.2) is 19.9 Å². The van der Waals surface area contributed by atoms with Crippen molar-refractivity contribution in [2.75, 3.05) is 48.8 Å². The summed E-state index contributed by atoms with van der Waals surface area (Å²) in [6, 6.07) is 16.6. The molecule has 0 bridgehead atoms. The lowest BCUT2D eigenvalue weighted by molar-refractivity contribution is -0.436. The van der Waals surface area contributed by atoms with Crippen LogP contribution in [0.2, 0.25) is 0 Å². The van der Waals surface area contributed by atoms with E-state index in [0.717, 1.165) is 37.4 Å². The number of nitrogens with one attached hydrogen (secondary N) is 2. The molecule has 18 heteroatoms. The molecular weight excluding hydrogens is 585 g/mol. The number of anilines is 5. The van der Waals surface area contributed by atoms with E-state index >= 15 is 0 Å². The third-order valence-electron chi connectivity index (χ3n) is 5.44. The Morgan fingerprint density at radius 1 is 1.05 bits per heavy atom. The minimum absolute atomic E-state index is 0.266. The van der Waals surface area contributed by atoms with E-state index in [1.165, 1.54) is 6.07 Å². The number of nitrogens with zero attached hydrogens (tertiary/aromatic N) is 5. The van der Waals surface area contributed by atoms with Gasteiger partial charge >= 0.3 is 22.7 Å². The molecule has 2 atom stereocenters. The summed E-state index contributed by atoms with van der Waals surface area (Å²) in [7, 11) is 2.08. The molecule has 2 heterocycles. The summed E-state index contributed by atoms with van der Waals surface area (Å²) in [6.07, 6.45) is 1.98. The van der Waals surface area contributed by atoms with E-state index in [1.807, 2.05) is 30.3 Å². The lowest BCUT2D eigenvalue weighted by Gasteiger charge is -2.34. The lowest BCUT2D eigenvalue weighted by atomic mass is 10.1. The van der Waals surface area contributed by atoms with Crippen LogP contribution in [0.3, 0.4) is 0 Å². The average Bonchev–Trinajstić information content (AvgIpc) is 2.95. The molecule has 3 aromatic rings. The standard InChI is InChI=1S/C23H24FN7.H2O8S2/c1-30-11-13-31(14-12-30)21-6-5-19(16-20(21)24)28-23-26-10-8-22(29-23)27-18-4-2-3-17(15-18)7-9-25;1-5-7-10(4)8-9(3)6-2/h2-6,8,10,15-16H,7,11-14H2,1H3,(H2,26,27,28,29);1-2H. The summed E-state index contributed by atoms with van der Waals surface area (Å²) in [6.45, 7) is 3.47. The minimum Gasteiger partial charge on any atom is -0.367 e. The van der Waals surface area contributed by atoms with Crippen molar-refractivity contribution in [1.29, 1.82) is 5.26 Å². The molecule has 2 aromatic carbocycles. The third-order valence-corrected chi connectivity index (χ3v) is 6.63. The van der Waals surface area contributed by atoms with Crippen LogP contribution < -0.4 is 15.5 Å². The zero-order valence-electron chi connectivity index (χ0n) is 21.5. The first kappa shape index (κ1) is 31.9. The second-order valence-corrected chi connectivity index (χ2v) is 9.85. The number of rotatable bonds is 11. The molecule has 2 unspecified atom stereocenters. The van der Waals surface area contributed by atoms with Gasteiger partial charge in [0.15, 0.2) is 0 Å². The number of likely N-dealkylation sites (N-methyl/N-ethyl adjacent to an activating group) is 1. The molecule has 0 saturated carbocycles. The van der Waals surface area contributed by atoms with Gasteiger partial charge in [0.2, 0.25) is 5.95 Å². The molecule has 0 spiro atoms. The zero-order valence-corrected chi connectivity index (χ0v) is 23.1. The number of halogens is 1. The van der Waals surface area contributed by atoms with Crippen LogP contribution in [0.15, 0.2) is 54.7 Å². The van der Waals surface area contributed by atoms with Crippen molar-refractivity contribution >= 4 is 51.6 Å². The quantitative estimate of drug-likeness (QED) is 0.183. The van der Waals surface area contributed by atoms with E-state index in [4.69, 9.17) is 15.8 Å². The van der Waals surface area contributed by atoms with E-state index in [2.05, 4.69) is 60.9 Å². The maximum absolute atomic E-state index is 14.7. The summed E-state index contributed by atoms with van der Waals surface area (Å²) < 4.78 is 44.6. The van der Waals surface area contributed by atoms with Crippen molar-refractivity contribution in [3.63, 3.8) is 0 Å². The van der Waals surface area contributed by atoms with Crippen molar-refractivity contribution in [2.24, 2.45) is 0 Å². The maximum atomic E-state index is 14.7. The molecule has 1 aliphatic heterocycles. The molecule has 0 amide bonds. The fourth-order valence-corrected chi connectivity index (χ4v) is 4.20. The monoisotopic (exact) mass is 611 g/mol. The lowest BCUT2D eigenvalue weighted by Crippen LogP contribution is -2.44. The normalized spacial score (nSPS) is 14.8. The van der Waals surface area contributed by atoms with Gasteiger partial charge in [-0.05, 0) is 49.0 Å². The smallest absolute Gasteiger partial charge is 0.351 e. The molecule has 4 N–H and O–H groups in total. The van der Waals surface area contributed by atoms with Crippen LogP contribution in [0.5, 0.6) is 0 Å². The van der Waals surface area contributed by atoms with Gasteiger partial charge in [-0.15, -0.1) is 7.96 Å². The van der Waals surface area contributed by atoms with Crippen molar-refractivity contribution < 1.29 is 40.7 Å². The van der Waals surface area contributed by atoms with Crippen LogP contribution in [0.25, 0.3) is 0 Å². The second-order valence-electron chi connectivity index (χ2n) is 8.20. The summed E-state index contributed by atoms with van der Waals surface area (Å²) >= 11 is -5.23. The van der Waals surface area contributed by atoms with E-state index in [-0.39, 0.29) is 5.82 Å². The van der Waals surface area contributed by atoms with Crippen LogP contribution in [-0.2, 0) is 46.5 Å². The number of nitriles is 1. The fraction of sp³-hybridized carbons (Fsp3) is 0.261. The van der Waals surface area contributed by atoms with E-state index in [1.54, 1.807) is 18.3 Å². The number of hydrogen-bond acceptors (Lipinski definition) is 15. The first-order valence-corrected chi connectivity index (χ1v) is 13.7. The highest BCUT2D eigenvalue weighted by atomic mass is 32.3. The van der Waals surface area contributed by atoms with E-state index < -0.39 is 22.7 Å². The molecule has 220 valence electrons. The van der Waals surface area contributed by atoms with Crippen LogP contribution in [-0.4, -0.2) is 67.0 Å². The Balaban J connectivity index is 0.000000397. The van der Waals surface area contributed by atoms with E-state index in [9.17, 15) is 12.8 Å². The topological polar surface area (TPSA) is 192 Å². The van der Waals surface area contributed by atoms with Crippen molar-refractivity contribution in [2.45, 2.75) is 6.42 Å². The molecule has 1 fully saturated rings. The summed E-state index contributed by atoms with van der Waals surface area (Å²) in [4.78, 5) is 13.0. The molecule has 1 aromatic heterocycles. The Morgan fingerprint density at radius 3 is 2.49 bits per heavy atom. The highest BCUT2D eigenvalue weighted by Gasteiger charge is 2.17. The first-order valence-electron chi connectivity index (χ1n) is 11.7. The third kappa shape index (κ3) is 10.7. The first-order chi connectivity index (χ1) is 19.8. The van der Waals surface area contributed by atoms with Crippen molar-refractivity contribution in [1.82, 2.24) is 14.9 Å². The Kier molecular flexibility index (Phi) is 12.9. The van der Waals surface area contributed by atoms with Gasteiger partial charge in [-0.3, -0.25) is 0 Å². The zero-order chi connectivity index (χ0) is 29.6. The van der Waals surface area contributed by atoms with Gasteiger partial charge in [-0.2, -0.15) is 18.7 Å². The summed E-state index contributed by atoms with van der Waals surface area (Å²) in [5, 5.41) is 33.0. The molecule has 1 saturated heterocycles.